The van der Waals surface area contributed by atoms with Crippen molar-refractivity contribution < 1.29 is 4.79 Å². The molecule has 4 N–H and O–H groups in total. The van der Waals surface area contributed by atoms with E-state index in [0.717, 1.165) is 55.7 Å². The zero-order chi connectivity index (χ0) is 26.9. The van der Waals surface area contributed by atoms with Gasteiger partial charge in [0.15, 0.2) is 0 Å². The van der Waals surface area contributed by atoms with Crippen LogP contribution in [0.15, 0.2) is 59.3 Å². The van der Waals surface area contributed by atoms with Gasteiger partial charge < -0.3 is 15.6 Å². The molecule has 1 saturated heterocycles. The Kier molecular flexibility index (Phi) is 14.9. The summed E-state index contributed by atoms with van der Waals surface area (Å²) in [6.07, 6.45) is 8.99. The van der Waals surface area contributed by atoms with Gasteiger partial charge in [0.1, 0.15) is 12.4 Å². The number of hydrazine groups is 1. The molecule has 1 aromatic carbocycles. The van der Waals surface area contributed by atoms with E-state index in [1.807, 2.05) is 50.0 Å². The number of carbonyl (C=O) groups excluding carboxylic acids is 1. The molecule has 1 amide bonds. The summed E-state index contributed by atoms with van der Waals surface area (Å²) < 4.78 is 0. The van der Waals surface area contributed by atoms with Crippen LogP contribution in [0.4, 0.5) is 0 Å². The first-order valence-corrected chi connectivity index (χ1v) is 12.7. The maximum absolute atomic E-state index is 12.9. The van der Waals surface area contributed by atoms with Crippen LogP contribution in [0, 0.1) is 11.3 Å². The summed E-state index contributed by atoms with van der Waals surface area (Å²) in [5, 5.41) is 14.3. The molecule has 196 valence electrons. The third-order valence-corrected chi connectivity index (χ3v) is 5.97. The van der Waals surface area contributed by atoms with Gasteiger partial charge in [-0.2, -0.15) is 10.4 Å². The maximum Gasteiger partial charge on any atom is 0.227 e. The fourth-order valence-corrected chi connectivity index (χ4v) is 3.98. The molecule has 0 aliphatic carbocycles. The Morgan fingerprint density at radius 3 is 2.67 bits per heavy atom. The number of hydrogen-bond acceptors (Lipinski definition) is 6. The van der Waals surface area contributed by atoms with Gasteiger partial charge in [-0.25, -0.2) is 5.84 Å². The molecule has 0 spiro atoms. The molecule has 0 unspecified atom stereocenters. The smallest absolute Gasteiger partial charge is 0.227 e. The Labute approximate surface area is 221 Å². The van der Waals surface area contributed by atoms with E-state index in [0.29, 0.717) is 30.1 Å². The standard InChI is InChI=1S/C25H34ClN7O.C2H6/c1-3-21(6-5-20(2)18-33(29)19-30-28)16-25(34)32-11-4-10-31(13-14-32)12-9-22-7-8-23(17-27)24(26)15-22;1-2/h3,5-8,15,19H,1,4,9-14,16,18,28-29H2,2H3;1-2H3/b20-5+,21-6+,30-19-;. The molecular formula is C27H40ClN7O. The molecule has 0 aromatic heterocycles. The molecule has 1 aromatic rings. The number of nitrogens with zero attached hydrogens (tertiary/aromatic N) is 5. The Morgan fingerprint density at radius 2 is 2.03 bits per heavy atom. The number of hydrazone groups is 1. The van der Waals surface area contributed by atoms with Crippen LogP contribution in [0.1, 0.15) is 44.7 Å². The molecule has 1 aliphatic heterocycles. The fraction of sp³-hybridized carbons (Fsp3) is 0.444. The summed E-state index contributed by atoms with van der Waals surface area (Å²) in [7, 11) is 0. The molecule has 1 fully saturated rings. The normalized spacial score (nSPS) is 15.1. The van der Waals surface area contributed by atoms with Crippen LogP contribution in [-0.4, -0.2) is 66.3 Å². The Bertz CT molecular complexity index is 981. The molecule has 2 rings (SSSR count). The molecule has 36 heavy (non-hydrogen) atoms. The molecular weight excluding hydrogens is 474 g/mol. The molecule has 0 radical (unpaired) electrons. The topological polar surface area (TPSA) is 115 Å². The van der Waals surface area contributed by atoms with Gasteiger partial charge in [0.2, 0.25) is 5.91 Å². The number of nitriles is 1. The number of amides is 1. The van der Waals surface area contributed by atoms with E-state index in [1.54, 1.807) is 12.1 Å². The highest BCUT2D eigenvalue weighted by atomic mass is 35.5. The fourth-order valence-electron chi connectivity index (χ4n) is 3.74. The van der Waals surface area contributed by atoms with Crippen molar-refractivity contribution in [3.05, 3.63) is 70.3 Å². The number of nitrogens with two attached hydrogens (primary N) is 2. The van der Waals surface area contributed by atoms with Crippen LogP contribution in [-0.2, 0) is 11.2 Å². The van der Waals surface area contributed by atoms with Crippen molar-refractivity contribution in [2.75, 3.05) is 39.3 Å². The van der Waals surface area contributed by atoms with Crippen LogP contribution < -0.4 is 11.7 Å². The molecule has 0 saturated carbocycles. The summed E-state index contributed by atoms with van der Waals surface area (Å²) in [5.74, 6) is 10.9. The second-order valence-electron chi connectivity index (χ2n) is 8.32. The second kappa shape index (κ2) is 17.3. The van der Waals surface area contributed by atoms with E-state index in [-0.39, 0.29) is 5.91 Å². The predicted octanol–water partition coefficient (Wildman–Crippen LogP) is 3.84. The third kappa shape index (κ3) is 11.1. The van der Waals surface area contributed by atoms with Gasteiger partial charge in [-0.3, -0.25) is 9.80 Å². The van der Waals surface area contributed by atoms with Crippen LogP contribution in [0.5, 0.6) is 0 Å². The van der Waals surface area contributed by atoms with E-state index in [9.17, 15) is 4.79 Å². The van der Waals surface area contributed by atoms with E-state index in [2.05, 4.69) is 22.6 Å². The number of allylic oxidation sites excluding steroid dienone is 3. The van der Waals surface area contributed by atoms with E-state index < -0.39 is 0 Å². The highest BCUT2D eigenvalue weighted by molar-refractivity contribution is 6.31. The van der Waals surface area contributed by atoms with Crippen molar-refractivity contribution in [1.82, 2.24) is 14.8 Å². The molecule has 0 atom stereocenters. The first-order chi connectivity index (χ1) is 17.4. The molecule has 0 bridgehead atoms. The van der Waals surface area contributed by atoms with Crippen molar-refractivity contribution >= 4 is 23.8 Å². The number of benzene rings is 1. The molecule has 1 aliphatic rings. The number of halogens is 1. The van der Waals surface area contributed by atoms with Gasteiger partial charge >= 0.3 is 0 Å². The zero-order valence-electron chi connectivity index (χ0n) is 21.8. The van der Waals surface area contributed by atoms with Crippen molar-refractivity contribution in [3.63, 3.8) is 0 Å². The van der Waals surface area contributed by atoms with E-state index >= 15 is 0 Å². The minimum atomic E-state index is 0.105. The number of carbonyl (C=O) groups is 1. The SMILES string of the molecule is C=C/C(=C\C=C(/C)CN(N)/C=N\N)CC(=O)N1CCCN(CCc2ccc(C#N)c(Cl)c2)CC1.CC. The number of rotatable bonds is 10. The lowest BCUT2D eigenvalue weighted by Gasteiger charge is -2.22. The third-order valence-electron chi connectivity index (χ3n) is 5.66. The van der Waals surface area contributed by atoms with Gasteiger partial charge in [-0.15, -0.1) is 0 Å². The molecule has 1 heterocycles. The highest BCUT2D eigenvalue weighted by Gasteiger charge is 2.19. The van der Waals surface area contributed by atoms with Crippen LogP contribution >= 0.6 is 11.6 Å². The van der Waals surface area contributed by atoms with Crippen molar-refractivity contribution in [3.8, 4) is 6.07 Å². The second-order valence-corrected chi connectivity index (χ2v) is 8.73. The van der Waals surface area contributed by atoms with E-state index in [1.165, 1.54) is 11.3 Å². The van der Waals surface area contributed by atoms with E-state index in [4.69, 9.17) is 28.5 Å². The predicted molar refractivity (Wildman–Crippen MR) is 149 cm³/mol. The van der Waals surface area contributed by atoms with Crippen molar-refractivity contribution in [2.45, 2.75) is 40.0 Å². The van der Waals surface area contributed by atoms with Gasteiger partial charge in [-0.05, 0) is 49.6 Å². The zero-order valence-corrected chi connectivity index (χ0v) is 22.5. The quantitative estimate of drug-likeness (QED) is 0.161. The van der Waals surface area contributed by atoms with Crippen LogP contribution in [0.25, 0.3) is 0 Å². The van der Waals surface area contributed by atoms with Gasteiger partial charge in [0, 0.05) is 26.2 Å². The van der Waals surface area contributed by atoms with Gasteiger partial charge in [-0.1, -0.05) is 61.9 Å². The number of hydrogen-bond donors (Lipinski definition) is 2. The lowest BCUT2D eigenvalue weighted by molar-refractivity contribution is -0.130. The lowest BCUT2D eigenvalue weighted by atomic mass is 10.1. The summed E-state index contributed by atoms with van der Waals surface area (Å²) in [6, 6.07) is 7.67. The van der Waals surface area contributed by atoms with Gasteiger partial charge in [0.25, 0.3) is 0 Å². The molecule has 8 nitrogen and oxygen atoms in total. The first kappa shape index (κ1) is 30.9. The lowest BCUT2D eigenvalue weighted by Crippen LogP contribution is -2.35. The maximum atomic E-state index is 12.9. The minimum Gasteiger partial charge on any atom is -0.341 e. The summed E-state index contributed by atoms with van der Waals surface area (Å²) in [5.41, 5.74) is 3.47. The van der Waals surface area contributed by atoms with Gasteiger partial charge in [0.05, 0.1) is 23.6 Å². The largest absolute Gasteiger partial charge is 0.341 e. The summed E-state index contributed by atoms with van der Waals surface area (Å²) in [6.45, 7) is 14.4. The summed E-state index contributed by atoms with van der Waals surface area (Å²) >= 11 is 6.15. The highest BCUT2D eigenvalue weighted by Crippen LogP contribution is 2.18. The Hall–Kier alpha value is -3.12. The van der Waals surface area contributed by atoms with Crippen LogP contribution in [0.2, 0.25) is 5.02 Å². The Morgan fingerprint density at radius 1 is 1.28 bits per heavy atom. The summed E-state index contributed by atoms with van der Waals surface area (Å²) in [4.78, 5) is 17.2. The average molecular weight is 514 g/mol. The van der Waals surface area contributed by atoms with Crippen molar-refractivity contribution in [2.24, 2.45) is 16.8 Å². The Balaban J connectivity index is 0.00000316. The monoisotopic (exact) mass is 513 g/mol. The minimum absolute atomic E-state index is 0.105. The molecule has 9 heteroatoms. The first-order valence-electron chi connectivity index (χ1n) is 12.3. The van der Waals surface area contributed by atoms with Crippen LogP contribution in [0.3, 0.4) is 0 Å². The van der Waals surface area contributed by atoms with Crippen molar-refractivity contribution in [1.29, 1.82) is 5.26 Å². The average Bonchev–Trinajstić information content (AvgIpc) is 3.12.